The van der Waals surface area contributed by atoms with E-state index >= 15 is 0 Å². The summed E-state index contributed by atoms with van der Waals surface area (Å²) in [4.78, 5) is 3.13. The second-order valence-corrected chi connectivity index (χ2v) is 6.40. The fraction of sp³-hybridized carbons (Fsp3) is 0.692. The van der Waals surface area contributed by atoms with E-state index in [4.69, 9.17) is 18.0 Å². The van der Waals surface area contributed by atoms with E-state index in [1.807, 2.05) is 11.7 Å². The summed E-state index contributed by atoms with van der Waals surface area (Å²) in [7, 11) is 2.01. The third kappa shape index (κ3) is 3.35. The van der Waals surface area contributed by atoms with Gasteiger partial charge in [-0.3, -0.25) is 9.58 Å². The number of halogens is 1. The molecule has 4 nitrogen and oxygen atoms in total. The molecule has 0 bridgehead atoms. The topological polar surface area (TPSA) is 47.1 Å². The van der Waals surface area contributed by atoms with E-state index in [0.717, 1.165) is 49.1 Å². The summed E-state index contributed by atoms with van der Waals surface area (Å²) >= 11 is 8.76. The highest BCUT2D eigenvalue weighted by Crippen LogP contribution is 2.25. The number of thiocarbonyl (C=S) groups is 1. The van der Waals surface area contributed by atoms with Crippen LogP contribution in [0.1, 0.15) is 31.2 Å². The molecule has 0 spiro atoms. The van der Waals surface area contributed by atoms with Crippen molar-refractivity contribution in [2.75, 3.05) is 13.1 Å². The Labute approximate surface area is 128 Å². The molecule has 1 aliphatic rings. The van der Waals surface area contributed by atoms with Crippen LogP contribution in [0.5, 0.6) is 0 Å². The molecule has 1 saturated heterocycles. The van der Waals surface area contributed by atoms with Gasteiger partial charge in [0.05, 0.1) is 20.8 Å². The van der Waals surface area contributed by atoms with Crippen molar-refractivity contribution in [1.82, 2.24) is 14.7 Å². The van der Waals surface area contributed by atoms with Gasteiger partial charge in [0, 0.05) is 19.5 Å². The van der Waals surface area contributed by atoms with Gasteiger partial charge < -0.3 is 5.73 Å². The predicted molar refractivity (Wildman–Crippen MR) is 85.1 cm³/mol. The molecule has 1 fully saturated rings. The van der Waals surface area contributed by atoms with Gasteiger partial charge >= 0.3 is 0 Å². The first-order chi connectivity index (χ1) is 9.02. The van der Waals surface area contributed by atoms with Crippen LogP contribution < -0.4 is 5.73 Å². The summed E-state index contributed by atoms with van der Waals surface area (Å²) < 4.78 is 3.15. The number of nitrogens with two attached hydrogens (primary N) is 1. The second-order valence-electron chi connectivity index (χ2n) is 5.14. The zero-order valence-electron chi connectivity index (χ0n) is 11.5. The third-order valence-electron chi connectivity index (χ3n) is 3.87. The molecule has 19 heavy (non-hydrogen) atoms. The smallest absolute Gasteiger partial charge is 0.0767 e. The van der Waals surface area contributed by atoms with Gasteiger partial charge in [0.2, 0.25) is 0 Å². The summed E-state index contributed by atoms with van der Waals surface area (Å²) in [5.74, 6) is 0.424. The number of piperidine rings is 1. The fourth-order valence-electron chi connectivity index (χ4n) is 2.58. The van der Waals surface area contributed by atoms with Crippen LogP contribution in [0.3, 0.4) is 0 Å². The summed E-state index contributed by atoms with van der Waals surface area (Å²) in [5.41, 5.74) is 8.12. The van der Waals surface area contributed by atoms with Gasteiger partial charge in [0.1, 0.15) is 0 Å². The molecule has 0 aromatic carbocycles. The van der Waals surface area contributed by atoms with E-state index in [-0.39, 0.29) is 0 Å². The van der Waals surface area contributed by atoms with E-state index in [1.54, 1.807) is 0 Å². The van der Waals surface area contributed by atoms with E-state index in [0.29, 0.717) is 10.9 Å². The van der Waals surface area contributed by atoms with Crippen molar-refractivity contribution in [2.45, 2.75) is 32.7 Å². The number of hydrogen-bond donors (Lipinski definition) is 1. The van der Waals surface area contributed by atoms with Crippen molar-refractivity contribution in [1.29, 1.82) is 0 Å². The van der Waals surface area contributed by atoms with Crippen LogP contribution in [0.25, 0.3) is 0 Å². The first kappa shape index (κ1) is 14.9. The Kier molecular flexibility index (Phi) is 4.97. The number of rotatable bonds is 4. The normalized spacial score (nSPS) is 17.8. The molecule has 1 aromatic rings. The van der Waals surface area contributed by atoms with Crippen LogP contribution in [0, 0.1) is 5.92 Å². The molecule has 2 N–H and O–H groups in total. The maximum Gasteiger partial charge on any atom is 0.0767 e. The minimum absolute atomic E-state index is 0.424. The first-order valence-electron chi connectivity index (χ1n) is 6.74. The van der Waals surface area contributed by atoms with Gasteiger partial charge in [-0.25, -0.2) is 0 Å². The van der Waals surface area contributed by atoms with Gasteiger partial charge in [-0.2, -0.15) is 5.10 Å². The van der Waals surface area contributed by atoms with Crippen LogP contribution in [0.4, 0.5) is 0 Å². The zero-order chi connectivity index (χ0) is 14.0. The van der Waals surface area contributed by atoms with E-state index in [9.17, 15) is 0 Å². The summed E-state index contributed by atoms with van der Waals surface area (Å²) in [6.07, 6.45) is 3.11. The molecule has 0 radical (unpaired) electrons. The number of aromatic nitrogens is 2. The highest BCUT2D eigenvalue weighted by atomic mass is 79.9. The highest BCUT2D eigenvalue weighted by Gasteiger charge is 2.23. The van der Waals surface area contributed by atoms with E-state index in [2.05, 4.69) is 32.9 Å². The lowest BCUT2D eigenvalue weighted by atomic mass is 9.97. The molecule has 0 saturated carbocycles. The van der Waals surface area contributed by atoms with Crippen molar-refractivity contribution >= 4 is 33.1 Å². The van der Waals surface area contributed by atoms with Crippen LogP contribution >= 0.6 is 28.1 Å². The molecule has 106 valence electrons. The summed E-state index contributed by atoms with van der Waals surface area (Å²) in [5, 5.41) is 4.54. The largest absolute Gasteiger partial charge is 0.393 e. The molecule has 0 atom stereocenters. The molecule has 1 aliphatic heterocycles. The Balaban J connectivity index is 1.99. The molecule has 2 rings (SSSR count). The predicted octanol–water partition coefficient (Wildman–Crippen LogP) is 2.24. The molecule has 0 unspecified atom stereocenters. The molecule has 0 aliphatic carbocycles. The Hall–Kier alpha value is -0.460. The molecule has 6 heteroatoms. The average molecular weight is 345 g/mol. The van der Waals surface area contributed by atoms with Crippen molar-refractivity contribution in [3.63, 3.8) is 0 Å². The number of likely N-dealkylation sites (tertiary alicyclic amines) is 1. The van der Waals surface area contributed by atoms with Crippen molar-refractivity contribution in [3.05, 3.63) is 15.9 Å². The Morgan fingerprint density at radius 1 is 1.47 bits per heavy atom. The Morgan fingerprint density at radius 2 is 2.11 bits per heavy atom. The van der Waals surface area contributed by atoms with Gasteiger partial charge in [-0.15, -0.1) is 0 Å². The molecule has 0 amide bonds. The van der Waals surface area contributed by atoms with E-state index in [1.165, 1.54) is 5.69 Å². The molecule has 1 aromatic heterocycles. The zero-order valence-corrected chi connectivity index (χ0v) is 13.9. The van der Waals surface area contributed by atoms with Crippen molar-refractivity contribution in [3.8, 4) is 0 Å². The minimum Gasteiger partial charge on any atom is -0.393 e. The maximum atomic E-state index is 5.73. The molecule has 2 heterocycles. The van der Waals surface area contributed by atoms with Crippen LogP contribution in [0.15, 0.2) is 4.47 Å². The second kappa shape index (κ2) is 6.33. The maximum absolute atomic E-state index is 5.73. The lowest BCUT2D eigenvalue weighted by Crippen LogP contribution is -2.37. The SMILES string of the molecule is CCc1nn(C)c(CN2CCC(C(N)=S)CC2)c1Br. The van der Waals surface area contributed by atoms with Gasteiger partial charge in [-0.05, 0) is 48.3 Å². The van der Waals surface area contributed by atoms with Crippen LogP contribution in [-0.2, 0) is 20.0 Å². The molecular formula is C13H21BrN4S. The van der Waals surface area contributed by atoms with Crippen molar-refractivity contribution in [2.24, 2.45) is 18.7 Å². The summed E-state index contributed by atoms with van der Waals surface area (Å²) in [6, 6.07) is 0. The number of aryl methyl sites for hydroxylation is 2. The quantitative estimate of drug-likeness (QED) is 0.851. The Bertz CT molecular complexity index is 463. The van der Waals surface area contributed by atoms with E-state index < -0.39 is 0 Å². The summed E-state index contributed by atoms with van der Waals surface area (Å²) in [6.45, 7) is 5.18. The van der Waals surface area contributed by atoms with Gasteiger partial charge in [0.15, 0.2) is 0 Å². The van der Waals surface area contributed by atoms with Crippen LogP contribution in [-0.4, -0.2) is 32.8 Å². The van der Waals surface area contributed by atoms with Gasteiger partial charge in [-0.1, -0.05) is 19.1 Å². The van der Waals surface area contributed by atoms with Crippen molar-refractivity contribution < 1.29 is 0 Å². The number of hydrogen-bond acceptors (Lipinski definition) is 3. The fourth-order valence-corrected chi connectivity index (χ4v) is 3.56. The first-order valence-corrected chi connectivity index (χ1v) is 7.95. The lowest BCUT2D eigenvalue weighted by molar-refractivity contribution is 0.197. The van der Waals surface area contributed by atoms with Crippen LogP contribution in [0.2, 0.25) is 0 Å². The molecular weight excluding hydrogens is 324 g/mol. The standard InChI is InChI=1S/C13H21BrN4S/c1-3-10-12(14)11(17(2)16-10)8-18-6-4-9(5-7-18)13(15)19/h9H,3-8H2,1-2H3,(H2,15,19). The minimum atomic E-state index is 0.424. The average Bonchev–Trinajstić information content (AvgIpc) is 2.67. The Morgan fingerprint density at radius 3 is 2.58 bits per heavy atom. The lowest BCUT2D eigenvalue weighted by Gasteiger charge is -2.31. The monoisotopic (exact) mass is 344 g/mol. The van der Waals surface area contributed by atoms with Gasteiger partial charge in [0.25, 0.3) is 0 Å². The third-order valence-corrected chi connectivity index (χ3v) is 5.11. The highest BCUT2D eigenvalue weighted by molar-refractivity contribution is 9.10. The number of nitrogens with zero attached hydrogens (tertiary/aromatic N) is 3.